The SMILES string of the molecule is CC(C)C1CCCN(C(CN)c2ccncc2)CC1. The second-order valence-corrected chi connectivity index (χ2v) is 6.00. The van der Waals surface area contributed by atoms with Crippen LogP contribution in [0.15, 0.2) is 24.5 Å². The molecule has 0 saturated carbocycles. The van der Waals surface area contributed by atoms with Crippen molar-refractivity contribution < 1.29 is 0 Å². The number of aromatic nitrogens is 1. The third kappa shape index (κ3) is 3.77. The molecule has 2 atom stereocenters. The third-order valence-electron chi connectivity index (χ3n) is 4.51. The van der Waals surface area contributed by atoms with E-state index in [1.165, 1.54) is 37.9 Å². The first-order valence-corrected chi connectivity index (χ1v) is 7.56. The highest BCUT2D eigenvalue weighted by Gasteiger charge is 2.24. The Hall–Kier alpha value is -0.930. The van der Waals surface area contributed by atoms with Crippen LogP contribution in [-0.2, 0) is 0 Å². The van der Waals surface area contributed by atoms with E-state index in [0.717, 1.165) is 11.8 Å². The van der Waals surface area contributed by atoms with E-state index in [1.54, 1.807) is 0 Å². The summed E-state index contributed by atoms with van der Waals surface area (Å²) in [5.41, 5.74) is 7.33. The van der Waals surface area contributed by atoms with E-state index in [0.29, 0.717) is 12.6 Å². The molecule has 2 unspecified atom stereocenters. The maximum atomic E-state index is 6.02. The van der Waals surface area contributed by atoms with Gasteiger partial charge in [-0.2, -0.15) is 0 Å². The zero-order chi connectivity index (χ0) is 13.7. The van der Waals surface area contributed by atoms with Crippen LogP contribution in [0.2, 0.25) is 0 Å². The first kappa shape index (κ1) is 14.5. The molecule has 0 aromatic carbocycles. The van der Waals surface area contributed by atoms with Gasteiger partial charge in [0.1, 0.15) is 0 Å². The quantitative estimate of drug-likeness (QED) is 0.906. The molecule has 0 radical (unpaired) electrons. The number of nitrogens with two attached hydrogens (primary N) is 1. The highest BCUT2D eigenvalue weighted by molar-refractivity contribution is 5.15. The van der Waals surface area contributed by atoms with Gasteiger partial charge in [0.2, 0.25) is 0 Å². The third-order valence-corrected chi connectivity index (χ3v) is 4.51. The lowest BCUT2D eigenvalue weighted by Gasteiger charge is -2.30. The molecule has 0 spiro atoms. The summed E-state index contributed by atoms with van der Waals surface area (Å²) >= 11 is 0. The topological polar surface area (TPSA) is 42.1 Å². The number of hydrogen-bond acceptors (Lipinski definition) is 3. The first-order valence-electron chi connectivity index (χ1n) is 7.56. The predicted molar refractivity (Wildman–Crippen MR) is 79.8 cm³/mol. The monoisotopic (exact) mass is 261 g/mol. The van der Waals surface area contributed by atoms with Gasteiger partial charge in [0.15, 0.2) is 0 Å². The Labute approximate surface area is 117 Å². The summed E-state index contributed by atoms with van der Waals surface area (Å²) in [5.74, 6) is 1.68. The van der Waals surface area contributed by atoms with E-state index in [2.05, 4.69) is 35.9 Å². The van der Waals surface area contributed by atoms with Gasteiger partial charge in [-0.25, -0.2) is 0 Å². The minimum absolute atomic E-state index is 0.355. The van der Waals surface area contributed by atoms with Crippen LogP contribution in [0.25, 0.3) is 0 Å². The Morgan fingerprint density at radius 3 is 2.63 bits per heavy atom. The second-order valence-electron chi connectivity index (χ2n) is 6.00. The summed E-state index contributed by atoms with van der Waals surface area (Å²) in [6.07, 6.45) is 7.70. The summed E-state index contributed by atoms with van der Waals surface area (Å²) in [6.45, 7) is 7.74. The largest absolute Gasteiger partial charge is 0.329 e. The van der Waals surface area contributed by atoms with Crippen LogP contribution < -0.4 is 5.73 Å². The highest BCUT2D eigenvalue weighted by atomic mass is 15.2. The van der Waals surface area contributed by atoms with Crippen molar-refractivity contribution in [1.29, 1.82) is 0 Å². The molecule has 2 N–H and O–H groups in total. The van der Waals surface area contributed by atoms with Gasteiger partial charge in [-0.05, 0) is 61.9 Å². The zero-order valence-electron chi connectivity index (χ0n) is 12.3. The predicted octanol–water partition coefficient (Wildman–Crippen LogP) is 2.84. The van der Waals surface area contributed by atoms with Crippen molar-refractivity contribution in [3.63, 3.8) is 0 Å². The average Bonchev–Trinajstić information content (AvgIpc) is 2.67. The molecular formula is C16H27N3. The normalized spacial score (nSPS) is 23.3. The average molecular weight is 261 g/mol. The first-order chi connectivity index (χ1) is 9.22. The summed E-state index contributed by atoms with van der Waals surface area (Å²) in [6, 6.07) is 4.55. The van der Waals surface area contributed by atoms with Crippen molar-refractivity contribution >= 4 is 0 Å². The smallest absolute Gasteiger partial charge is 0.0471 e. The van der Waals surface area contributed by atoms with Crippen molar-refractivity contribution in [2.45, 2.75) is 39.2 Å². The standard InChI is InChI=1S/C16H27N3/c1-13(2)14-4-3-10-19(11-7-14)16(12-17)15-5-8-18-9-6-15/h5-6,8-9,13-14,16H,3-4,7,10-12,17H2,1-2H3. The lowest BCUT2D eigenvalue weighted by molar-refractivity contribution is 0.204. The van der Waals surface area contributed by atoms with E-state index in [4.69, 9.17) is 5.73 Å². The molecule has 19 heavy (non-hydrogen) atoms. The van der Waals surface area contributed by atoms with Gasteiger partial charge in [-0.1, -0.05) is 13.8 Å². The van der Waals surface area contributed by atoms with Crippen LogP contribution >= 0.6 is 0 Å². The van der Waals surface area contributed by atoms with Crippen LogP contribution in [-0.4, -0.2) is 29.5 Å². The van der Waals surface area contributed by atoms with Crippen molar-refractivity contribution in [2.24, 2.45) is 17.6 Å². The lowest BCUT2D eigenvalue weighted by atomic mass is 9.89. The van der Waals surface area contributed by atoms with E-state index in [1.807, 2.05) is 12.4 Å². The maximum Gasteiger partial charge on any atom is 0.0471 e. The van der Waals surface area contributed by atoms with E-state index in [-0.39, 0.29) is 0 Å². The highest BCUT2D eigenvalue weighted by Crippen LogP contribution is 2.28. The molecule has 0 aliphatic carbocycles. The Morgan fingerprint density at radius 1 is 1.26 bits per heavy atom. The van der Waals surface area contributed by atoms with Gasteiger partial charge in [0, 0.05) is 25.0 Å². The lowest BCUT2D eigenvalue weighted by Crippen LogP contribution is -2.34. The number of hydrogen-bond donors (Lipinski definition) is 1. The Bertz CT molecular complexity index is 364. The fourth-order valence-corrected chi connectivity index (χ4v) is 3.20. The number of likely N-dealkylation sites (tertiary alicyclic amines) is 1. The Balaban J connectivity index is 2.04. The second kappa shape index (κ2) is 7.01. The molecule has 1 aromatic heterocycles. The molecule has 2 rings (SSSR count). The molecule has 106 valence electrons. The van der Waals surface area contributed by atoms with Gasteiger partial charge >= 0.3 is 0 Å². The molecule has 1 saturated heterocycles. The molecule has 2 heterocycles. The molecule has 1 aliphatic rings. The van der Waals surface area contributed by atoms with Crippen LogP contribution in [0, 0.1) is 11.8 Å². The van der Waals surface area contributed by atoms with Crippen molar-refractivity contribution in [3.8, 4) is 0 Å². The summed E-state index contributed by atoms with van der Waals surface area (Å²) < 4.78 is 0. The van der Waals surface area contributed by atoms with Gasteiger partial charge in [0.25, 0.3) is 0 Å². The number of rotatable bonds is 4. The molecule has 0 bridgehead atoms. The summed E-state index contributed by atoms with van der Waals surface area (Å²) in [7, 11) is 0. The summed E-state index contributed by atoms with van der Waals surface area (Å²) in [4.78, 5) is 6.67. The minimum atomic E-state index is 0.355. The van der Waals surface area contributed by atoms with Gasteiger partial charge in [-0.3, -0.25) is 9.88 Å². The molecule has 0 amide bonds. The van der Waals surface area contributed by atoms with Gasteiger partial charge in [0.05, 0.1) is 0 Å². The number of pyridine rings is 1. The van der Waals surface area contributed by atoms with Crippen LogP contribution in [0.3, 0.4) is 0 Å². The molecular weight excluding hydrogens is 234 g/mol. The van der Waals surface area contributed by atoms with Crippen molar-refractivity contribution in [1.82, 2.24) is 9.88 Å². The Kier molecular flexibility index (Phi) is 5.34. The molecule has 1 aliphatic heterocycles. The van der Waals surface area contributed by atoms with E-state index in [9.17, 15) is 0 Å². The van der Waals surface area contributed by atoms with Gasteiger partial charge < -0.3 is 5.73 Å². The minimum Gasteiger partial charge on any atom is -0.329 e. The fraction of sp³-hybridized carbons (Fsp3) is 0.688. The van der Waals surface area contributed by atoms with E-state index < -0.39 is 0 Å². The molecule has 3 nitrogen and oxygen atoms in total. The number of nitrogens with zero attached hydrogens (tertiary/aromatic N) is 2. The van der Waals surface area contributed by atoms with Crippen LogP contribution in [0.1, 0.15) is 44.7 Å². The zero-order valence-corrected chi connectivity index (χ0v) is 12.3. The van der Waals surface area contributed by atoms with Crippen LogP contribution in [0.4, 0.5) is 0 Å². The molecule has 3 heteroatoms. The van der Waals surface area contributed by atoms with Gasteiger partial charge in [-0.15, -0.1) is 0 Å². The summed E-state index contributed by atoms with van der Waals surface area (Å²) in [5, 5.41) is 0. The Morgan fingerprint density at radius 2 is 2.00 bits per heavy atom. The van der Waals surface area contributed by atoms with Crippen LogP contribution in [0.5, 0.6) is 0 Å². The fourth-order valence-electron chi connectivity index (χ4n) is 3.20. The van der Waals surface area contributed by atoms with Crippen molar-refractivity contribution in [2.75, 3.05) is 19.6 Å². The molecule has 1 aromatic rings. The van der Waals surface area contributed by atoms with E-state index >= 15 is 0 Å². The molecule has 1 fully saturated rings. The van der Waals surface area contributed by atoms with Crippen molar-refractivity contribution in [3.05, 3.63) is 30.1 Å². The maximum absolute atomic E-state index is 6.02.